The Kier molecular flexibility index (Phi) is 5.76. The molecule has 1 aliphatic rings. The van der Waals surface area contributed by atoms with E-state index in [9.17, 15) is 14.9 Å². The topological polar surface area (TPSA) is 115 Å². The van der Waals surface area contributed by atoms with Gasteiger partial charge in [-0.05, 0) is 36.8 Å². The summed E-state index contributed by atoms with van der Waals surface area (Å²) >= 11 is 6.15. The molecule has 2 N–H and O–H groups in total. The number of nitrogens with zero attached hydrogens (tertiary/aromatic N) is 4. The highest BCUT2D eigenvalue weighted by atomic mass is 35.5. The van der Waals surface area contributed by atoms with Crippen LogP contribution in [0, 0.1) is 10.1 Å². The molecule has 1 atom stereocenters. The van der Waals surface area contributed by atoms with Crippen LogP contribution in [0.3, 0.4) is 0 Å². The highest BCUT2D eigenvalue weighted by Crippen LogP contribution is 2.38. The highest BCUT2D eigenvalue weighted by molar-refractivity contribution is 6.30. The average Bonchev–Trinajstić information content (AvgIpc) is 3.27. The van der Waals surface area contributed by atoms with E-state index in [1.807, 2.05) is 24.3 Å². The number of nitro benzene ring substituents is 1. The fraction of sp³-hybridized carbons (Fsp3) is 0.0800. The molecule has 0 spiro atoms. The first-order valence-corrected chi connectivity index (χ1v) is 11.1. The molecule has 0 fully saturated rings. The summed E-state index contributed by atoms with van der Waals surface area (Å²) < 4.78 is 1.57. The van der Waals surface area contributed by atoms with E-state index in [0.29, 0.717) is 44.9 Å². The zero-order chi connectivity index (χ0) is 24.5. The number of allylic oxidation sites excluding steroid dienone is 1. The van der Waals surface area contributed by atoms with Crippen LogP contribution in [0.5, 0.6) is 0 Å². The van der Waals surface area contributed by atoms with Gasteiger partial charge in [-0.1, -0.05) is 54.1 Å². The monoisotopic (exact) mass is 486 g/mol. The van der Waals surface area contributed by atoms with Crippen LogP contribution in [-0.2, 0) is 4.79 Å². The van der Waals surface area contributed by atoms with Crippen LogP contribution >= 0.6 is 11.6 Å². The fourth-order valence-corrected chi connectivity index (χ4v) is 4.22. The summed E-state index contributed by atoms with van der Waals surface area (Å²) in [5.74, 6) is 0.455. The first kappa shape index (κ1) is 22.3. The van der Waals surface area contributed by atoms with Crippen LogP contribution in [0.2, 0.25) is 5.02 Å². The molecule has 35 heavy (non-hydrogen) atoms. The molecule has 0 unspecified atom stereocenters. The number of non-ortho nitro benzene ring substituents is 1. The third-order valence-electron chi connectivity index (χ3n) is 5.61. The summed E-state index contributed by atoms with van der Waals surface area (Å²) in [6.45, 7) is 1.77. The van der Waals surface area contributed by atoms with E-state index >= 15 is 0 Å². The number of halogens is 1. The second kappa shape index (κ2) is 9.03. The summed E-state index contributed by atoms with van der Waals surface area (Å²) in [5, 5.41) is 22.8. The van der Waals surface area contributed by atoms with Gasteiger partial charge in [-0.15, -0.1) is 5.10 Å². The van der Waals surface area contributed by atoms with Gasteiger partial charge >= 0.3 is 0 Å². The summed E-state index contributed by atoms with van der Waals surface area (Å²) in [7, 11) is 0. The van der Waals surface area contributed by atoms with E-state index in [1.54, 1.807) is 54.1 Å². The van der Waals surface area contributed by atoms with Gasteiger partial charge in [-0.3, -0.25) is 14.9 Å². The number of hydrogen-bond donors (Lipinski definition) is 2. The number of amides is 1. The van der Waals surface area contributed by atoms with Crippen molar-refractivity contribution in [1.82, 2.24) is 14.8 Å². The van der Waals surface area contributed by atoms with Crippen LogP contribution in [0.25, 0.3) is 11.4 Å². The normalized spacial score (nSPS) is 14.7. The summed E-state index contributed by atoms with van der Waals surface area (Å²) in [6.07, 6.45) is 0. The number of para-hydroxylation sites is 1. The second-order valence-corrected chi connectivity index (χ2v) is 8.39. The maximum Gasteiger partial charge on any atom is 0.269 e. The molecule has 9 nitrogen and oxygen atoms in total. The van der Waals surface area contributed by atoms with Crippen molar-refractivity contribution in [2.75, 3.05) is 10.6 Å². The number of carbonyl (C=O) groups excluding carboxylic acids is 1. The molecule has 1 aromatic heterocycles. The first-order valence-electron chi connectivity index (χ1n) is 10.7. The van der Waals surface area contributed by atoms with Gasteiger partial charge in [-0.2, -0.15) is 4.98 Å². The molecule has 0 aliphatic carbocycles. The maximum atomic E-state index is 13.5. The molecule has 0 saturated carbocycles. The van der Waals surface area contributed by atoms with Crippen molar-refractivity contribution in [1.29, 1.82) is 0 Å². The Bertz CT molecular complexity index is 1480. The third-order valence-corrected chi connectivity index (χ3v) is 5.84. The zero-order valence-corrected chi connectivity index (χ0v) is 19.2. The zero-order valence-electron chi connectivity index (χ0n) is 18.5. The second-order valence-electron chi connectivity index (χ2n) is 7.95. The minimum absolute atomic E-state index is 0.0850. The Morgan fingerprint density at radius 1 is 1.09 bits per heavy atom. The Labute approximate surface area is 205 Å². The molecule has 10 heteroatoms. The quantitative estimate of drug-likeness (QED) is 0.287. The van der Waals surface area contributed by atoms with E-state index in [2.05, 4.69) is 20.7 Å². The summed E-state index contributed by atoms with van der Waals surface area (Å²) in [5.41, 5.74) is 2.70. The number of fused-ring (bicyclic) bond motifs is 1. The van der Waals surface area contributed by atoms with E-state index in [4.69, 9.17) is 11.6 Å². The fourth-order valence-electron chi connectivity index (χ4n) is 4.03. The molecule has 2 heterocycles. The van der Waals surface area contributed by atoms with Crippen LogP contribution in [-0.4, -0.2) is 25.6 Å². The van der Waals surface area contributed by atoms with E-state index in [0.717, 1.165) is 0 Å². The van der Waals surface area contributed by atoms with Gasteiger partial charge in [0.15, 0.2) is 5.82 Å². The molecule has 1 amide bonds. The number of aromatic nitrogens is 3. The van der Waals surface area contributed by atoms with Gasteiger partial charge < -0.3 is 10.6 Å². The van der Waals surface area contributed by atoms with Crippen LogP contribution in [0.15, 0.2) is 90.1 Å². The number of rotatable bonds is 5. The number of carbonyl (C=O) groups is 1. The summed E-state index contributed by atoms with van der Waals surface area (Å²) in [6, 6.07) is 21.6. The van der Waals surface area contributed by atoms with Gasteiger partial charge in [0.05, 0.1) is 10.5 Å². The van der Waals surface area contributed by atoms with Gasteiger partial charge in [0.1, 0.15) is 6.04 Å². The van der Waals surface area contributed by atoms with Crippen molar-refractivity contribution in [3.63, 3.8) is 0 Å². The summed E-state index contributed by atoms with van der Waals surface area (Å²) in [4.78, 5) is 29.1. The molecular weight excluding hydrogens is 468 g/mol. The van der Waals surface area contributed by atoms with Crippen molar-refractivity contribution in [3.05, 3.63) is 111 Å². The minimum atomic E-state index is -0.754. The molecule has 0 bridgehead atoms. The molecule has 1 aliphatic heterocycles. The van der Waals surface area contributed by atoms with Crippen molar-refractivity contribution in [2.24, 2.45) is 0 Å². The largest absolute Gasteiger partial charge is 0.328 e. The minimum Gasteiger partial charge on any atom is -0.328 e. The lowest BCUT2D eigenvalue weighted by Gasteiger charge is -2.28. The van der Waals surface area contributed by atoms with Crippen molar-refractivity contribution in [2.45, 2.75) is 13.0 Å². The number of benzene rings is 3. The lowest BCUT2D eigenvalue weighted by Crippen LogP contribution is -2.31. The maximum absolute atomic E-state index is 13.5. The number of hydrogen-bond acceptors (Lipinski definition) is 6. The Morgan fingerprint density at radius 3 is 2.60 bits per heavy atom. The van der Waals surface area contributed by atoms with Crippen molar-refractivity contribution >= 4 is 34.8 Å². The van der Waals surface area contributed by atoms with E-state index < -0.39 is 11.0 Å². The average molecular weight is 487 g/mol. The lowest BCUT2D eigenvalue weighted by atomic mass is 9.94. The number of nitrogens with one attached hydrogen (secondary N) is 2. The third kappa shape index (κ3) is 4.36. The Morgan fingerprint density at radius 2 is 1.86 bits per heavy atom. The number of nitro groups is 1. The van der Waals surface area contributed by atoms with Crippen molar-refractivity contribution in [3.8, 4) is 11.4 Å². The van der Waals surface area contributed by atoms with Gasteiger partial charge in [0.2, 0.25) is 5.95 Å². The van der Waals surface area contributed by atoms with E-state index in [-0.39, 0.29) is 11.6 Å². The first-order chi connectivity index (χ1) is 16.9. The molecule has 0 saturated heterocycles. The van der Waals surface area contributed by atoms with Crippen molar-refractivity contribution < 1.29 is 9.72 Å². The van der Waals surface area contributed by atoms with Crippen LogP contribution < -0.4 is 10.6 Å². The van der Waals surface area contributed by atoms with Gasteiger partial charge in [-0.25, -0.2) is 4.68 Å². The molecule has 4 aromatic rings. The predicted molar refractivity (Wildman–Crippen MR) is 133 cm³/mol. The van der Waals surface area contributed by atoms with Gasteiger partial charge in [0, 0.05) is 34.1 Å². The predicted octanol–water partition coefficient (Wildman–Crippen LogP) is 5.43. The molecular formula is C25H19ClN6O3. The van der Waals surface area contributed by atoms with Crippen LogP contribution in [0.4, 0.5) is 17.3 Å². The lowest BCUT2D eigenvalue weighted by molar-refractivity contribution is -0.384. The molecule has 3 aromatic carbocycles. The number of anilines is 2. The smallest absolute Gasteiger partial charge is 0.269 e. The SMILES string of the molecule is CC1=C(C(=O)Nc2ccccc2)[C@H](c2cccc([N+](=O)[O-])c2)n2nc(-c3cccc(Cl)c3)nc2N1. The highest BCUT2D eigenvalue weighted by Gasteiger charge is 2.35. The van der Waals surface area contributed by atoms with E-state index in [1.165, 1.54) is 12.1 Å². The molecule has 0 radical (unpaired) electrons. The Hall–Kier alpha value is -4.50. The Balaban J connectivity index is 1.64. The molecule has 5 rings (SSSR count). The standard InChI is InChI=1S/C25H19ClN6O3/c1-15-21(24(33)28-19-10-3-2-4-11-19)22(16-7-6-12-20(14-16)32(34)35)31-25(27-15)29-23(30-31)17-8-5-9-18(26)13-17/h2-14,22H,1H3,(H,28,33)(H,27,29,30)/t22-/m0/s1. The van der Waals surface area contributed by atoms with Gasteiger partial charge in [0.25, 0.3) is 11.6 Å². The molecule has 174 valence electrons. The van der Waals surface area contributed by atoms with Crippen LogP contribution in [0.1, 0.15) is 18.5 Å².